The second-order valence-electron chi connectivity index (χ2n) is 6.49. The van der Waals surface area contributed by atoms with Gasteiger partial charge >= 0.3 is 0 Å². The average molecular weight is 453 g/mol. The van der Waals surface area contributed by atoms with Gasteiger partial charge in [-0.05, 0) is 47.5 Å². The molecule has 6 heteroatoms. The molecule has 0 saturated carbocycles. The van der Waals surface area contributed by atoms with Crippen LogP contribution >= 0.6 is 27.5 Å². The molecule has 0 bridgehead atoms. The molecular weight excluding hydrogens is 438 g/mol. The fourth-order valence-corrected chi connectivity index (χ4v) is 3.85. The number of hydrogen-bond acceptors (Lipinski definition) is 2. The number of fused-ring (bicyclic) bond motifs is 1. The first-order valence-corrected chi connectivity index (χ1v) is 9.85. The van der Waals surface area contributed by atoms with Crippen molar-refractivity contribution in [2.75, 3.05) is 0 Å². The summed E-state index contributed by atoms with van der Waals surface area (Å²) in [5.41, 5.74) is 3.15. The summed E-state index contributed by atoms with van der Waals surface area (Å²) in [6.07, 6.45) is 0. The zero-order chi connectivity index (χ0) is 19.7. The molecule has 0 aliphatic heterocycles. The number of hydrogen-bond donors (Lipinski definition) is 0. The van der Waals surface area contributed by atoms with Crippen LogP contribution < -0.4 is 5.56 Å². The minimum absolute atomic E-state index is 0.0723. The lowest BCUT2D eigenvalue weighted by molar-refractivity contribution is 0.516. The van der Waals surface area contributed by atoms with Crippen LogP contribution in [0.4, 0.5) is 0 Å². The first kappa shape index (κ1) is 18.5. The molecule has 4 nitrogen and oxygen atoms in total. The van der Waals surface area contributed by atoms with Crippen LogP contribution in [0.5, 0.6) is 0 Å². The van der Waals surface area contributed by atoms with Crippen molar-refractivity contribution in [1.29, 1.82) is 5.26 Å². The molecule has 0 atom stereocenters. The highest BCUT2D eigenvalue weighted by atomic mass is 79.9. The Hall–Kier alpha value is -2.81. The van der Waals surface area contributed by atoms with Gasteiger partial charge in [0.05, 0.1) is 35.6 Å². The summed E-state index contributed by atoms with van der Waals surface area (Å²) in [6, 6.07) is 22.7. The largest absolute Gasteiger partial charge is 0.277 e. The maximum Gasteiger partial charge on any atom is 0.274 e. The van der Waals surface area contributed by atoms with Crippen molar-refractivity contribution in [3.8, 4) is 6.07 Å². The third-order valence-electron chi connectivity index (χ3n) is 4.66. The molecule has 28 heavy (non-hydrogen) atoms. The van der Waals surface area contributed by atoms with E-state index in [1.165, 1.54) is 0 Å². The van der Waals surface area contributed by atoms with Crippen molar-refractivity contribution in [1.82, 2.24) is 9.36 Å². The van der Waals surface area contributed by atoms with Gasteiger partial charge in [0.1, 0.15) is 0 Å². The molecule has 0 aliphatic rings. The summed E-state index contributed by atoms with van der Waals surface area (Å²) in [6.45, 7) is 0.831. The molecule has 3 aromatic carbocycles. The van der Waals surface area contributed by atoms with Crippen molar-refractivity contribution in [2.24, 2.45) is 0 Å². The number of halogens is 2. The van der Waals surface area contributed by atoms with Gasteiger partial charge in [0.2, 0.25) is 0 Å². The number of nitriles is 1. The van der Waals surface area contributed by atoms with Crippen molar-refractivity contribution >= 4 is 38.4 Å². The molecular formula is C22H15BrClN3O. The van der Waals surface area contributed by atoms with E-state index >= 15 is 0 Å². The Bertz CT molecular complexity index is 1280. The van der Waals surface area contributed by atoms with E-state index in [1.807, 2.05) is 59.3 Å². The predicted octanol–water partition coefficient (Wildman–Crippen LogP) is 5.19. The van der Waals surface area contributed by atoms with Gasteiger partial charge in [0.15, 0.2) is 0 Å². The van der Waals surface area contributed by atoms with E-state index in [9.17, 15) is 4.79 Å². The molecule has 1 heterocycles. The van der Waals surface area contributed by atoms with Crippen LogP contribution in [0.2, 0.25) is 5.02 Å². The Labute approximate surface area is 175 Å². The minimum Gasteiger partial charge on any atom is -0.277 e. The number of nitrogens with zero attached hydrogens (tertiary/aromatic N) is 3. The fourth-order valence-electron chi connectivity index (χ4n) is 3.31. The van der Waals surface area contributed by atoms with E-state index in [0.29, 0.717) is 29.1 Å². The molecule has 0 aliphatic carbocycles. The normalized spacial score (nSPS) is 10.9. The molecule has 0 spiro atoms. The van der Waals surface area contributed by atoms with Crippen molar-refractivity contribution < 1.29 is 0 Å². The Kier molecular flexibility index (Phi) is 5.08. The van der Waals surface area contributed by atoms with Gasteiger partial charge in [-0.3, -0.25) is 9.48 Å². The number of benzene rings is 3. The Morgan fingerprint density at radius 3 is 2.57 bits per heavy atom. The van der Waals surface area contributed by atoms with Crippen molar-refractivity contribution in [2.45, 2.75) is 13.1 Å². The smallest absolute Gasteiger partial charge is 0.274 e. The SMILES string of the molecule is N#Cc1cccc(Cn2c(=O)c3ccc(Br)cc3n2Cc2ccccc2Cl)c1. The van der Waals surface area contributed by atoms with Gasteiger partial charge in [0, 0.05) is 9.50 Å². The maximum atomic E-state index is 13.1. The summed E-state index contributed by atoms with van der Waals surface area (Å²) in [7, 11) is 0. The Balaban J connectivity index is 1.89. The van der Waals surface area contributed by atoms with Crippen LogP contribution in [0.1, 0.15) is 16.7 Å². The van der Waals surface area contributed by atoms with Gasteiger partial charge in [0.25, 0.3) is 5.56 Å². The third-order valence-corrected chi connectivity index (χ3v) is 5.52. The van der Waals surface area contributed by atoms with E-state index in [0.717, 1.165) is 21.1 Å². The molecule has 0 saturated heterocycles. The maximum absolute atomic E-state index is 13.1. The highest BCUT2D eigenvalue weighted by Crippen LogP contribution is 2.22. The second-order valence-corrected chi connectivity index (χ2v) is 7.81. The summed E-state index contributed by atoms with van der Waals surface area (Å²) in [5, 5.41) is 10.5. The van der Waals surface area contributed by atoms with Crippen LogP contribution in [0.15, 0.2) is 76.0 Å². The van der Waals surface area contributed by atoms with Crippen LogP contribution in [0.3, 0.4) is 0 Å². The molecule has 138 valence electrons. The zero-order valence-electron chi connectivity index (χ0n) is 14.8. The molecule has 0 amide bonds. The van der Waals surface area contributed by atoms with Crippen LogP contribution in [-0.2, 0) is 13.1 Å². The summed E-state index contributed by atoms with van der Waals surface area (Å²) in [4.78, 5) is 13.1. The van der Waals surface area contributed by atoms with Gasteiger partial charge in [-0.2, -0.15) is 5.26 Å². The lowest BCUT2D eigenvalue weighted by Crippen LogP contribution is -2.24. The first-order chi connectivity index (χ1) is 13.6. The first-order valence-electron chi connectivity index (χ1n) is 8.68. The highest BCUT2D eigenvalue weighted by molar-refractivity contribution is 9.10. The topological polar surface area (TPSA) is 50.7 Å². The quantitative estimate of drug-likeness (QED) is 0.428. The van der Waals surface area contributed by atoms with E-state index < -0.39 is 0 Å². The number of rotatable bonds is 4. The van der Waals surface area contributed by atoms with Gasteiger partial charge in [-0.1, -0.05) is 57.9 Å². The molecule has 0 unspecified atom stereocenters. The van der Waals surface area contributed by atoms with Crippen LogP contribution in [0, 0.1) is 11.3 Å². The summed E-state index contributed by atoms with van der Waals surface area (Å²) in [5.74, 6) is 0. The van der Waals surface area contributed by atoms with Gasteiger partial charge in [-0.15, -0.1) is 0 Å². The number of aromatic nitrogens is 2. The second kappa shape index (κ2) is 7.67. The standard InChI is InChI=1S/C22H15BrClN3O/c23-18-8-9-19-21(11-18)26(14-17-6-1-2-7-20(17)24)27(22(19)28)13-16-5-3-4-15(10-16)12-25/h1-11H,13-14H2. The van der Waals surface area contributed by atoms with E-state index in [4.69, 9.17) is 16.9 Å². The molecule has 0 N–H and O–H groups in total. The molecule has 4 aromatic rings. The molecule has 0 fully saturated rings. The van der Waals surface area contributed by atoms with E-state index in [-0.39, 0.29) is 5.56 Å². The van der Waals surface area contributed by atoms with Crippen LogP contribution in [-0.4, -0.2) is 9.36 Å². The lowest BCUT2D eigenvalue weighted by Gasteiger charge is -2.14. The molecule has 0 radical (unpaired) electrons. The van der Waals surface area contributed by atoms with Gasteiger partial charge < -0.3 is 0 Å². The minimum atomic E-state index is -0.0723. The van der Waals surface area contributed by atoms with E-state index in [1.54, 1.807) is 16.8 Å². The lowest BCUT2D eigenvalue weighted by atomic mass is 10.1. The van der Waals surface area contributed by atoms with E-state index in [2.05, 4.69) is 22.0 Å². The predicted molar refractivity (Wildman–Crippen MR) is 115 cm³/mol. The zero-order valence-corrected chi connectivity index (χ0v) is 17.1. The fraction of sp³-hybridized carbons (Fsp3) is 0.0909. The Morgan fingerprint density at radius 1 is 0.964 bits per heavy atom. The molecule has 1 aromatic heterocycles. The molecule has 4 rings (SSSR count). The van der Waals surface area contributed by atoms with Gasteiger partial charge in [-0.25, -0.2) is 4.68 Å². The third kappa shape index (κ3) is 3.49. The summed E-state index contributed by atoms with van der Waals surface area (Å²) < 4.78 is 4.55. The average Bonchev–Trinajstić information content (AvgIpc) is 2.95. The Morgan fingerprint density at radius 2 is 1.79 bits per heavy atom. The van der Waals surface area contributed by atoms with Crippen molar-refractivity contribution in [3.63, 3.8) is 0 Å². The summed E-state index contributed by atoms with van der Waals surface area (Å²) >= 11 is 9.87. The highest BCUT2D eigenvalue weighted by Gasteiger charge is 2.15. The van der Waals surface area contributed by atoms with Crippen molar-refractivity contribution in [3.05, 3.63) is 103 Å². The van der Waals surface area contributed by atoms with Crippen LogP contribution in [0.25, 0.3) is 10.9 Å². The monoisotopic (exact) mass is 451 g/mol.